The minimum absolute atomic E-state index is 0.173. The van der Waals surface area contributed by atoms with E-state index in [1.54, 1.807) is 0 Å². The molecule has 0 unspecified atom stereocenters. The van der Waals surface area contributed by atoms with E-state index < -0.39 is 0 Å². The molecule has 4 nitrogen and oxygen atoms in total. The molecule has 21 heavy (non-hydrogen) atoms. The van der Waals surface area contributed by atoms with Crippen molar-refractivity contribution in [1.29, 1.82) is 0 Å². The monoisotopic (exact) mass is 283 g/mol. The summed E-state index contributed by atoms with van der Waals surface area (Å²) >= 11 is 0. The molecular weight excluding hydrogens is 262 g/mol. The van der Waals surface area contributed by atoms with E-state index in [0.29, 0.717) is 6.42 Å². The molecule has 0 N–H and O–H groups in total. The van der Waals surface area contributed by atoms with Crippen LogP contribution in [0.2, 0.25) is 0 Å². The van der Waals surface area contributed by atoms with Crippen LogP contribution in [0.15, 0.2) is 36.9 Å². The van der Waals surface area contributed by atoms with Gasteiger partial charge in [0.2, 0.25) is 5.91 Å². The number of hydrogen-bond acceptors (Lipinski definition) is 2. The average molecular weight is 283 g/mol. The molecular formula is C17H21N3O. The minimum atomic E-state index is 0.173. The number of aromatic nitrogens is 2. The molecule has 1 aromatic heterocycles. The topological polar surface area (TPSA) is 38.1 Å². The van der Waals surface area contributed by atoms with Crippen LogP contribution in [0.3, 0.4) is 0 Å². The number of hydrogen-bond donors (Lipinski definition) is 0. The van der Waals surface area contributed by atoms with Gasteiger partial charge in [0.1, 0.15) is 5.82 Å². The maximum Gasteiger partial charge on any atom is 0.223 e. The van der Waals surface area contributed by atoms with Crippen LogP contribution < -0.4 is 0 Å². The van der Waals surface area contributed by atoms with Gasteiger partial charge in [0.15, 0.2) is 0 Å². The lowest BCUT2D eigenvalue weighted by Crippen LogP contribution is -2.32. The lowest BCUT2D eigenvalue weighted by Gasteiger charge is -2.21. The van der Waals surface area contributed by atoms with E-state index in [9.17, 15) is 4.79 Å². The molecule has 0 aliphatic carbocycles. The van der Waals surface area contributed by atoms with Crippen LogP contribution in [0.1, 0.15) is 32.0 Å². The summed E-state index contributed by atoms with van der Waals surface area (Å²) in [6.07, 6.45) is 2.44. The highest BCUT2D eigenvalue weighted by Gasteiger charge is 2.34. The molecule has 0 spiro atoms. The van der Waals surface area contributed by atoms with Crippen molar-refractivity contribution >= 4 is 16.9 Å². The van der Waals surface area contributed by atoms with Gasteiger partial charge in [0.05, 0.1) is 11.0 Å². The molecule has 1 aromatic carbocycles. The maximum absolute atomic E-state index is 12.2. The van der Waals surface area contributed by atoms with E-state index in [-0.39, 0.29) is 17.9 Å². The number of benzene rings is 1. The van der Waals surface area contributed by atoms with Crippen LogP contribution in [-0.2, 0) is 11.3 Å². The highest BCUT2D eigenvalue weighted by atomic mass is 16.2. The first kappa shape index (κ1) is 13.9. The van der Waals surface area contributed by atoms with Crippen molar-refractivity contribution in [1.82, 2.24) is 14.5 Å². The van der Waals surface area contributed by atoms with Gasteiger partial charge in [-0.2, -0.15) is 0 Å². The highest BCUT2D eigenvalue weighted by molar-refractivity contribution is 5.81. The van der Waals surface area contributed by atoms with Crippen molar-refractivity contribution in [2.75, 3.05) is 6.54 Å². The third-order valence-corrected chi connectivity index (χ3v) is 4.14. The predicted octanol–water partition coefficient (Wildman–Crippen LogP) is 2.95. The van der Waals surface area contributed by atoms with Crippen LogP contribution >= 0.6 is 0 Å². The molecule has 0 bridgehead atoms. The van der Waals surface area contributed by atoms with Crippen LogP contribution in [-0.4, -0.2) is 32.9 Å². The molecule has 2 aromatic rings. The Hall–Kier alpha value is -2.10. The first-order valence-corrected chi connectivity index (χ1v) is 7.47. The van der Waals surface area contributed by atoms with Gasteiger partial charge in [0, 0.05) is 31.5 Å². The normalized spacial score (nSPS) is 18.9. The summed E-state index contributed by atoms with van der Waals surface area (Å²) in [5, 5.41) is 0. The number of fused-ring (bicyclic) bond motifs is 1. The molecule has 2 heterocycles. The SMILES string of the molecule is C=CCn1c([C@@H]2CC(=O)N(C(C)C)C2)nc2ccccc21. The van der Waals surface area contributed by atoms with E-state index in [2.05, 4.69) is 31.1 Å². The molecule has 1 amide bonds. The number of carbonyl (C=O) groups is 1. The second-order valence-corrected chi connectivity index (χ2v) is 5.90. The zero-order chi connectivity index (χ0) is 15.0. The minimum Gasteiger partial charge on any atom is -0.340 e. The standard InChI is InChI=1S/C17H21N3O/c1-4-9-19-15-8-6-5-7-14(15)18-17(19)13-10-16(21)20(11-13)12(2)3/h4-8,12-13H,1,9-11H2,2-3H3/t13-/m1/s1. The molecule has 3 rings (SSSR count). The van der Waals surface area contributed by atoms with Crippen molar-refractivity contribution in [2.45, 2.75) is 38.8 Å². The summed E-state index contributed by atoms with van der Waals surface area (Å²) in [4.78, 5) is 18.9. The van der Waals surface area contributed by atoms with Crippen molar-refractivity contribution in [3.63, 3.8) is 0 Å². The van der Waals surface area contributed by atoms with Crippen LogP contribution in [0.5, 0.6) is 0 Å². The fourth-order valence-corrected chi connectivity index (χ4v) is 3.13. The van der Waals surface area contributed by atoms with Gasteiger partial charge in [-0.15, -0.1) is 6.58 Å². The number of allylic oxidation sites excluding steroid dienone is 1. The van der Waals surface area contributed by atoms with Gasteiger partial charge in [-0.05, 0) is 26.0 Å². The zero-order valence-corrected chi connectivity index (χ0v) is 12.6. The Morgan fingerprint density at radius 3 is 2.86 bits per heavy atom. The third-order valence-electron chi connectivity index (χ3n) is 4.14. The summed E-state index contributed by atoms with van der Waals surface area (Å²) in [7, 11) is 0. The summed E-state index contributed by atoms with van der Waals surface area (Å²) in [6.45, 7) is 9.45. The van der Waals surface area contributed by atoms with Gasteiger partial charge in [0.25, 0.3) is 0 Å². The number of imidazole rings is 1. The summed E-state index contributed by atoms with van der Waals surface area (Å²) in [5.41, 5.74) is 2.10. The lowest BCUT2D eigenvalue weighted by atomic mass is 10.1. The van der Waals surface area contributed by atoms with Crippen molar-refractivity contribution in [3.05, 3.63) is 42.7 Å². The molecule has 4 heteroatoms. The van der Waals surface area contributed by atoms with E-state index >= 15 is 0 Å². The Morgan fingerprint density at radius 2 is 2.19 bits per heavy atom. The van der Waals surface area contributed by atoms with E-state index in [1.165, 1.54) is 0 Å². The van der Waals surface area contributed by atoms with Crippen molar-refractivity contribution < 1.29 is 4.79 Å². The van der Waals surface area contributed by atoms with E-state index in [1.807, 2.05) is 29.2 Å². The molecule has 110 valence electrons. The number of carbonyl (C=O) groups excluding carboxylic acids is 1. The summed E-state index contributed by atoms with van der Waals surface area (Å²) in [5.74, 6) is 1.41. The Morgan fingerprint density at radius 1 is 1.43 bits per heavy atom. The quantitative estimate of drug-likeness (QED) is 0.809. The lowest BCUT2D eigenvalue weighted by molar-refractivity contribution is -0.129. The molecule has 1 saturated heterocycles. The first-order chi connectivity index (χ1) is 10.1. The van der Waals surface area contributed by atoms with Gasteiger partial charge >= 0.3 is 0 Å². The second-order valence-electron chi connectivity index (χ2n) is 5.90. The Kier molecular flexibility index (Phi) is 3.53. The molecule has 1 fully saturated rings. The fourth-order valence-electron chi connectivity index (χ4n) is 3.13. The zero-order valence-electron chi connectivity index (χ0n) is 12.6. The number of nitrogens with zero attached hydrogens (tertiary/aromatic N) is 3. The molecule has 1 aliphatic rings. The van der Waals surface area contributed by atoms with E-state index in [0.717, 1.165) is 29.9 Å². The van der Waals surface area contributed by atoms with Crippen molar-refractivity contribution in [2.24, 2.45) is 0 Å². The number of likely N-dealkylation sites (tertiary alicyclic amines) is 1. The molecule has 1 aliphatic heterocycles. The fraction of sp³-hybridized carbons (Fsp3) is 0.412. The Balaban J connectivity index is 2.02. The molecule has 1 atom stereocenters. The van der Waals surface area contributed by atoms with Crippen molar-refractivity contribution in [3.8, 4) is 0 Å². The largest absolute Gasteiger partial charge is 0.340 e. The molecule has 0 saturated carbocycles. The first-order valence-electron chi connectivity index (χ1n) is 7.47. The van der Waals surface area contributed by atoms with Crippen LogP contribution in [0, 0.1) is 0 Å². The van der Waals surface area contributed by atoms with Crippen LogP contribution in [0.4, 0.5) is 0 Å². The summed E-state index contributed by atoms with van der Waals surface area (Å²) < 4.78 is 2.18. The number of rotatable bonds is 4. The second kappa shape index (κ2) is 5.35. The third kappa shape index (κ3) is 2.35. The Labute approximate surface area is 125 Å². The maximum atomic E-state index is 12.2. The van der Waals surface area contributed by atoms with Crippen LogP contribution in [0.25, 0.3) is 11.0 Å². The van der Waals surface area contributed by atoms with E-state index in [4.69, 9.17) is 4.98 Å². The highest BCUT2D eigenvalue weighted by Crippen LogP contribution is 2.31. The average Bonchev–Trinajstić information content (AvgIpc) is 3.01. The summed E-state index contributed by atoms with van der Waals surface area (Å²) in [6, 6.07) is 8.37. The van der Waals surface area contributed by atoms with Gasteiger partial charge in [-0.1, -0.05) is 18.2 Å². The smallest absolute Gasteiger partial charge is 0.223 e. The number of para-hydroxylation sites is 2. The van der Waals surface area contributed by atoms with Gasteiger partial charge in [-0.3, -0.25) is 4.79 Å². The van der Waals surface area contributed by atoms with Gasteiger partial charge in [-0.25, -0.2) is 4.98 Å². The Bertz CT molecular complexity index is 686. The number of amides is 1. The predicted molar refractivity (Wildman–Crippen MR) is 84.1 cm³/mol. The van der Waals surface area contributed by atoms with Gasteiger partial charge < -0.3 is 9.47 Å². The molecule has 0 radical (unpaired) electrons.